The maximum absolute atomic E-state index is 13.2. The number of hydrogen-bond donors (Lipinski definition) is 1. The van der Waals surface area contributed by atoms with Gasteiger partial charge in [0, 0.05) is 56.5 Å². The number of imide groups is 1. The topological polar surface area (TPSA) is 116 Å². The van der Waals surface area contributed by atoms with E-state index in [1.165, 1.54) is 34.1 Å². The van der Waals surface area contributed by atoms with Crippen LogP contribution in [0.25, 0.3) is 0 Å². The Morgan fingerprint density at radius 3 is 2.05 bits per heavy atom. The lowest BCUT2D eigenvalue weighted by molar-refractivity contribution is -0.121. The predicted octanol–water partition coefficient (Wildman–Crippen LogP) is 3.00. The monoisotopic (exact) mass is 520 g/mol. The summed E-state index contributed by atoms with van der Waals surface area (Å²) in [6.45, 7) is 5.39. The minimum atomic E-state index is -3.73. The van der Waals surface area contributed by atoms with Gasteiger partial charge in [0.05, 0.1) is 10.6 Å². The lowest BCUT2D eigenvalue weighted by atomic mass is 10.2. The summed E-state index contributed by atoms with van der Waals surface area (Å²) in [5.41, 5.74) is 3.30. The molecule has 1 aromatic heterocycles. The molecule has 0 aliphatic carbocycles. The van der Waals surface area contributed by atoms with Gasteiger partial charge in [-0.3, -0.25) is 14.5 Å². The van der Waals surface area contributed by atoms with Crippen molar-refractivity contribution in [2.24, 2.45) is 0 Å². The van der Waals surface area contributed by atoms with Gasteiger partial charge in [-0.25, -0.2) is 13.4 Å². The first-order chi connectivity index (χ1) is 17.7. The van der Waals surface area contributed by atoms with Crippen LogP contribution in [0.5, 0.6) is 0 Å². The summed E-state index contributed by atoms with van der Waals surface area (Å²) in [5, 5.41) is 3.31. The highest BCUT2D eigenvalue weighted by molar-refractivity contribution is 7.89. The fraction of sp³-hybridized carbons (Fsp3) is 0.308. The van der Waals surface area contributed by atoms with E-state index in [0.717, 1.165) is 16.3 Å². The van der Waals surface area contributed by atoms with Crippen molar-refractivity contribution in [3.8, 4) is 0 Å². The molecule has 2 fully saturated rings. The van der Waals surface area contributed by atoms with Crippen molar-refractivity contribution in [3.05, 3.63) is 65.9 Å². The van der Waals surface area contributed by atoms with Gasteiger partial charge in [-0.1, -0.05) is 17.7 Å². The highest BCUT2D eigenvalue weighted by atomic mass is 32.2. The molecule has 2 aromatic carbocycles. The third-order valence-electron chi connectivity index (χ3n) is 6.47. The van der Waals surface area contributed by atoms with E-state index in [0.29, 0.717) is 30.5 Å². The number of aromatic nitrogens is 2. The van der Waals surface area contributed by atoms with Crippen molar-refractivity contribution in [1.29, 1.82) is 0 Å². The Hall–Kier alpha value is -3.83. The van der Waals surface area contributed by atoms with Crippen LogP contribution in [0.4, 0.5) is 23.1 Å². The van der Waals surface area contributed by atoms with Crippen molar-refractivity contribution in [2.75, 3.05) is 41.3 Å². The molecule has 37 heavy (non-hydrogen) atoms. The molecule has 1 N–H and O–H groups in total. The molecule has 3 heterocycles. The van der Waals surface area contributed by atoms with E-state index in [4.69, 9.17) is 0 Å². The van der Waals surface area contributed by atoms with Crippen LogP contribution >= 0.6 is 0 Å². The first-order valence-electron chi connectivity index (χ1n) is 12.1. The van der Waals surface area contributed by atoms with Crippen molar-refractivity contribution in [2.45, 2.75) is 31.6 Å². The average molecular weight is 521 g/mol. The number of nitrogens with one attached hydrogen (secondary N) is 1. The number of benzene rings is 2. The van der Waals surface area contributed by atoms with Crippen LogP contribution in [0.2, 0.25) is 0 Å². The molecule has 0 atom stereocenters. The third kappa shape index (κ3) is 5.18. The van der Waals surface area contributed by atoms with Crippen LogP contribution in [0.15, 0.2) is 59.5 Å². The molecule has 0 radical (unpaired) electrons. The molecule has 2 aliphatic rings. The number of piperazine rings is 1. The first-order valence-corrected chi connectivity index (χ1v) is 13.5. The quantitative estimate of drug-likeness (QED) is 0.493. The second-order valence-corrected chi connectivity index (χ2v) is 11.1. The van der Waals surface area contributed by atoms with Crippen LogP contribution in [-0.2, 0) is 19.6 Å². The number of amides is 2. The molecule has 0 spiro atoms. The normalized spacial score (nSPS) is 16.9. The molecule has 0 bridgehead atoms. The second kappa shape index (κ2) is 9.91. The van der Waals surface area contributed by atoms with E-state index in [-0.39, 0.29) is 42.6 Å². The molecular weight excluding hydrogens is 492 g/mol. The van der Waals surface area contributed by atoms with Crippen LogP contribution in [0.3, 0.4) is 0 Å². The number of hydrogen-bond acceptors (Lipinski definition) is 8. The summed E-state index contributed by atoms with van der Waals surface area (Å²) in [6.07, 6.45) is 0.356. The van der Waals surface area contributed by atoms with Crippen molar-refractivity contribution in [1.82, 2.24) is 14.3 Å². The van der Waals surface area contributed by atoms with Crippen molar-refractivity contribution < 1.29 is 18.0 Å². The molecule has 2 amide bonds. The lowest BCUT2D eigenvalue weighted by Gasteiger charge is -2.34. The molecule has 10 nitrogen and oxygen atoms in total. The Kier molecular flexibility index (Phi) is 6.65. The number of rotatable bonds is 6. The van der Waals surface area contributed by atoms with E-state index in [9.17, 15) is 18.0 Å². The number of carbonyl (C=O) groups is 2. The van der Waals surface area contributed by atoms with E-state index in [1.54, 1.807) is 0 Å². The molecule has 192 valence electrons. The minimum Gasteiger partial charge on any atom is -0.340 e. The van der Waals surface area contributed by atoms with Gasteiger partial charge in [-0.2, -0.15) is 9.29 Å². The standard InChI is InChI=1S/C26H28N6O4S/c1-18-3-5-20(6-4-18)28-23-17-19(2)27-26(29-23)30-13-15-31(16-14-30)37(35,36)22-9-7-21(8-10-22)32-24(33)11-12-25(32)34/h3-10,17H,11-16H2,1-2H3,(H,27,28,29). The number of carbonyl (C=O) groups excluding carboxylic acids is 2. The van der Waals surface area contributed by atoms with Gasteiger partial charge < -0.3 is 10.2 Å². The van der Waals surface area contributed by atoms with E-state index in [1.807, 2.05) is 49.1 Å². The average Bonchev–Trinajstić information content (AvgIpc) is 3.23. The Balaban J connectivity index is 1.26. The second-order valence-electron chi connectivity index (χ2n) is 9.19. The summed E-state index contributed by atoms with van der Waals surface area (Å²) in [5.74, 6) is 0.687. The fourth-order valence-electron chi connectivity index (χ4n) is 4.45. The lowest BCUT2D eigenvalue weighted by Crippen LogP contribution is -2.49. The molecule has 3 aromatic rings. The van der Waals surface area contributed by atoms with Crippen LogP contribution in [0, 0.1) is 13.8 Å². The van der Waals surface area contributed by atoms with Gasteiger partial charge in [0.1, 0.15) is 5.82 Å². The molecule has 5 rings (SSSR count). The smallest absolute Gasteiger partial charge is 0.243 e. The molecule has 0 saturated carbocycles. The zero-order chi connectivity index (χ0) is 26.2. The highest BCUT2D eigenvalue weighted by Gasteiger charge is 2.32. The number of anilines is 4. The molecular formula is C26H28N6O4S. The van der Waals surface area contributed by atoms with Gasteiger partial charge in [0.15, 0.2) is 0 Å². The molecule has 11 heteroatoms. The van der Waals surface area contributed by atoms with Crippen LogP contribution < -0.4 is 15.1 Å². The van der Waals surface area contributed by atoms with E-state index in [2.05, 4.69) is 15.3 Å². The first kappa shape index (κ1) is 24.8. The van der Waals surface area contributed by atoms with Crippen LogP contribution in [-0.4, -0.2) is 60.7 Å². The summed E-state index contributed by atoms with van der Waals surface area (Å²) in [4.78, 5) is 36.4. The molecule has 0 unspecified atom stereocenters. The Morgan fingerprint density at radius 2 is 1.43 bits per heavy atom. The third-order valence-corrected chi connectivity index (χ3v) is 8.38. The van der Waals surface area contributed by atoms with Gasteiger partial charge in [0.25, 0.3) is 0 Å². The summed E-state index contributed by atoms with van der Waals surface area (Å²) >= 11 is 0. The Bertz CT molecular complexity index is 1420. The minimum absolute atomic E-state index is 0.125. The Labute approximate surface area is 216 Å². The number of sulfonamides is 1. The maximum atomic E-state index is 13.2. The Morgan fingerprint density at radius 1 is 0.811 bits per heavy atom. The highest BCUT2D eigenvalue weighted by Crippen LogP contribution is 2.26. The predicted molar refractivity (Wildman–Crippen MR) is 140 cm³/mol. The molecule has 2 aliphatic heterocycles. The summed E-state index contributed by atoms with van der Waals surface area (Å²) in [7, 11) is -3.73. The van der Waals surface area contributed by atoms with E-state index >= 15 is 0 Å². The number of aryl methyl sites for hydroxylation is 2. The largest absolute Gasteiger partial charge is 0.340 e. The SMILES string of the molecule is Cc1ccc(Nc2cc(C)nc(N3CCN(S(=O)(=O)c4ccc(N5C(=O)CCC5=O)cc4)CC3)n2)cc1. The van der Waals surface area contributed by atoms with Gasteiger partial charge >= 0.3 is 0 Å². The van der Waals surface area contributed by atoms with E-state index < -0.39 is 10.0 Å². The van der Waals surface area contributed by atoms with Crippen molar-refractivity contribution >= 4 is 45.0 Å². The zero-order valence-corrected chi connectivity index (χ0v) is 21.5. The van der Waals surface area contributed by atoms with Crippen LogP contribution in [0.1, 0.15) is 24.1 Å². The van der Waals surface area contributed by atoms with Gasteiger partial charge in [0.2, 0.25) is 27.8 Å². The van der Waals surface area contributed by atoms with Gasteiger partial charge in [-0.05, 0) is 50.2 Å². The number of nitrogens with zero attached hydrogens (tertiary/aromatic N) is 5. The fourth-order valence-corrected chi connectivity index (χ4v) is 5.87. The maximum Gasteiger partial charge on any atom is 0.243 e. The van der Waals surface area contributed by atoms with Gasteiger partial charge in [-0.15, -0.1) is 0 Å². The summed E-state index contributed by atoms with van der Waals surface area (Å²) in [6, 6.07) is 15.8. The summed E-state index contributed by atoms with van der Waals surface area (Å²) < 4.78 is 27.9. The molecule has 2 saturated heterocycles. The van der Waals surface area contributed by atoms with Crippen molar-refractivity contribution in [3.63, 3.8) is 0 Å². The zero-order valence-electron chi connectivity index (χ0n) is 20.7.